The molecule has 28 heavy (non-hydrogen) atoms. The molecule has 0 radical (unpaired) electrons. The van der Waals surface area contributed by atoms with E-state index in [4.69, 9.17) is 21.1 Å². The Labute approximate surface area is 192 Å². The van der Waals surface area contributed by atoms with Gasteiger partial charge in [-0.25, -0.2) is 0 Å². The first-order valence-corrected chi connectivity index (χ1v) is 11.1. The van der Waals surface area contributed by atoms with Gasteiger partial charge < -0.3 is 14.8 Å². The fourth-order valence-electron chi connectivity index (χ4n) is 2.68. The van der Waals surface area contributed by atoms with Crippen LogP contribution in [0.25, 0.3) is 0 Å². The van der Waals surface area contributed by atoms with Crippen molar-refractivity contribution >= 4 is 55.8 Å². The van der Waals surface area contributed by atoms with Crippen molar-refractivity contribution in [3.8, 4) is 11.5 Å². The molecule has 1 N–H and O–H groups in total. The maximum absolute atomic E-state index is 6.08. The van der Waals surface area contributed by atoms with Crippen molar-refractivity contribution in [3.63, 3.8) is 0 Å². The van der Waals surface area contributed by atoms with E-state index in [1.54, 1.807) is 0 Å². The van der Waals surface area contributed by atoms with E-state index < -0.39 is 0 Å². The van der Waals surface area contributed by atoms with Gasteiger partial charge in [-0.1, -0.05) is 39.7 Å². The Kier molecular flexibility index (Phi) is 7.88. The lowest BCUT2D eigenvalue weighted by Crippen LogP contribution is -2.05. The smallest absolute Gasteiger partial charge is 0.174 e. The van der Waals surface area contributed by atoms with E-state index in [1.165, 1.54) is 0 Å². The van der Waals surface area contributed by atoms with Crippen LogP contribution in [0.4, 0.5) is 5.69 Å². The molecule has 0 bridgehead atoms. The number of anilines is 1. The van der Waals surface area contributed by atoms with Gasteiger partial charge in [-0.3, -0.25) is 0 Å². The van der Waals surface area contributed by atoms with Crippen molar-refractivity contribution in [3.05, 3.63) is 84.9 Å². The minimum Gasteiger partial charge on any atom is -0.490 e. The zero-order valence-electron chi connectivity index (χ0n) is 15.3. The fraction of sp³-hybridized carbons (Fsp3) is 0.182. The van der Waals surface area contributed by atoms with E-state index in [0.717, 1.165) is 36.4 Å². The van der Waals surface area contributed by atoms with Crippen LogP contribution < -0.4 is 14.8 Å². The summed E-state index contributed by atoms with van der Waals surface area (Å²) >= 11 is 11.8. The first kappa shape index (κ1) is 21.3. The molecule has 0 aliphatic heterocycles. The quantitative estimate of drug-likeness (QED) is 0.288. The van der Waals surface area contributed by atoms with E-state index in [0.29, 0.717) is 24.8 Å². The molecular weight excluding hydrogens is 553 g/mol. The second-order valence-electron chi connectivity index (χ2n) is 6.12. The molecule has 0 unspecified atom stereocenters. The average molecular weight is 573 g/mol. The largest absolute Gasteiger partial charge is 0.490 e. The van der Waals surface area contributed by atoms with Gasteiger partial charge in [-0.15, -0.1) is 0 Å². The average Bonchev–Trinajstić information content (AvgIpc) is 2.67. The third kappa shape index (κ3) is 6.03. The number of ether oxygens (including phenoxy) is 2. The zero-order chi connectivity index (χ0) is 19.9. The highest BCUT2D eigenvalue weighted by Crippen LogP contribution is 2.35. The first-order valence-electron chi connectivity index (χ1n) is 8.87. The summed E-state index contributed by atoms with van der Waals surface area (Å²) in [5, 5.41) is 4.14. The highest BCUT2D eigenvalue weighted by atomic mass is 127. The molecule has 0 heterocycles. The highest BCUT2D eigenvalue weighted by Gasteiger charge is 2.13. The molecule has 0 amide bonds. The topological polar surface area (TPSA) is 30.5 Å². The SMILES string of the molecule is CCOc1cc(CNc2ccc(Br)cc2)cc(I)c1OCc1cccc(Cl)c1. The van der Waals surface area contributed by atoms with Gasteiger partial charge >= 0.3 is 0 Å². The van der Waals surface area contributed by atoms with Crippen molar-refractivity contribution in [2.45, 2.75) is 20.1 Å². The zero-order valence-corrected chi connectivity index (χ0v) is 19.8. The Hall–Kier alpha value is -1.44. The number of nitrogens with one attached hydrogen (secondary N) is 1. The highest BCUT2D eigenvalue weighted by molar-refractivity contribution is 14.1. The van der Waals surface area contributed by atoms with Gasteiger partial charge in [0.2, 0.25) is 0 Å². The Morgan fingerprint density at radius 2 is 1.79 bits per heavy atom. The Morgan fingerprint density at radius 1 is 1.00 bits per heavy atom. The van der Waals surface area contributed by atoms with Crippen LogP contribution in [0.15, 0.2) is 65.1 Å². The molecule has 0 aliphatic carbocycles. The summed E-state index contributed by atoms with van der Waals surface area (Å²) in [6.07, 6.45) is 0. The molecule has 0 saturated heterocycles. The second-order valence-corrected chi connectivity index (χ2v) is 8.63. The van der Waals surface area contributed by atoms with Gasteiger partial charge in [0, 0.05) is 21.7 Å². The normalized spacial score (nSPS) is 10.6. The maximum Gasteiger partial charge on any atom is 0.174 e. The predicted molar refractivity (Wildman–Crippen MR) is 128 cm³/mol. The van der Waals surface area contributed by atoms with Crippen LogP contribution in [0.5, 0.6) is 11.5 Å². The van der Waals surface area contributed by atoms with Crippen molar-refractivity contribution in [1.29, 1.82) is 0 Å². The Bertz CT molecular complexity index is 934. The van der Waals surface area contributed by atoms with Crippen molar-refractivity contribution in [2.24, 2.45) is 0 Å². The Morgan fingerprint density at radius 3 is 2.50 bits per heavy atom. The van der Waals surface area contributed by atoms with E-state index in [-0.39, 0.29) is 0 Å². The summed E-state index contributed by atoms with van der Waals surface area (Å²) in [5.41, 5.74) is 3.22. The minimum absolute atomic E-state index is 0.438. The number of rotatable bonds is 8. The van der Waals surface area contributed by atoms with Crippen molar-refractivity contribution in [2.75, 3.05) is 11.9 Å². The van der Waals surface area contributed by atoms with E-state index in [2.05, 4.69) is 49.9 Å². The van der Waals surface area contributed by atoms with Gasteiger partial charge in [0.25, 0.3) is 0 Å². The molecule has 0 aromatic heterocycles. The standard InChI is InChI=1S/C22H20BrClINO2/c1-2-27-21-12-16(13-26-19-8-6-17(23)7-9-19)11-20(25)22(21)28-14-15-4-3-5-18(24)10-15/h3-12,26H,2,13-14H2,1H3. The fourth-order valence-corrected chi connectivity index (χ4v) is 3.98. The molecule has 3 rings (SSSR count). The first-order chi connectivity index (χ1) is 13.5. The second kappa shape index (κ2) is 10.4. The molecular formula is C22H20BrClINO2. The van der Waals surface area contributed by atoms with Crippen LogP contribution in [0.3, 0.4) is 0 Å². The molecule has 0 atom stereocenters. The summed E-state index contributed by atoms with van der Waals surface area (Å²) in [6, 6.07) is 19.9. The van der Waals surface area contributed by atoms with Crippen molar-refractivity contribution < 1.29 is 9.47 Å². The monoisotopic (exact) mass is 571 g/mol. The summed E-state index contributed by atoms with van der Waals surface area (Å²) in [7, 11) is 0. The summed E-state index contributed by atoms with van der Waals surface area (Å²) in [5.74, 6) is 1.51. The lowest BCUT2D eigenvalue weighted by atomic mass is 10.2. The van der Waals surface area contributed by atoms with Crippen LogP contribution >= 0.6 is 50.1 Å². The van der Waals surface area contributed by atoms with Gasteiger partial charge in [0.05, 0.1) is 10.2 Å². The van der Waals surface area contributed by atoms with E-state index >= 15 is 0 Å². The van der Waals surface area contributed by atoms with E-state index in [1.807, 2.05) is 61.5 Å². The third-order valence-corrected chi connectivity index (χ3v) is 5.55. The molecule has 3 aromatic rings. The molecule has 3 nitrogen and oxygen atoms in total. The molecule has 6 heteroatoms. The van der Waals surface area contributed by atoms with Gasteiger partial charge in [-0.2, -0.15) is 0 Å². The summed E-state index contributed by atoms with van der Waals surface area (Å²) < 4.78 is 14.0. The summed E-state index contributed by atoms with van der Waals surface area (Å²) in [4.78, 5) is 0. The minimum atomic E-state index is 0.438. The van der Waals surface area contributed by atoms with Crippen LogP contribution in [0.1, 0.15) is 18.1 Å². The number of hydrogen-bond donors (Lipinski definition) is 1. The molecule has 3 aromatic carbocycles. The molecule has 0 saturated carbocycles. The van der Waals surface area contributed by atoms with Crippen molar-refractivity contribution in [1.82, 2.24) is 0 Å². The maximum atomic E-state index is 6.08. The lowest BCUT2D eigenvalue weighted by Gasteiger charge is -2.16. The van der Waals surface area contributed by atoms with Gasteiger partial charge in [-0.05, 0) is 89.2 Å². The van der Waals surface area contributed by atoms with E-state index in [9.17, 15) is 0 Å². The van der Waals surface area contributed by atoms with Gasteiger partial charge in [0.15, 0.2) is 11.5 Å². The molecule has 0 aliphatic rings. The number of benzene rings is 3. The van der Waals surface area contributed by atoms with Crippen LogP contribution in [-0.2, 0) is 13.2 Å². The molecule has 0 spiro atoms. The van der Waals surface area contributed by atoms with Crippen LogP contribution in [-0.4, -0.2) is 6.61 Å². The third-order valence-electron chi connectivity index (χ3n) is 3.98. The van der Waals surface area contributed by atoms with Crippen LogP contribution in [0.2, 0.25) is 5.02 Å². The van der Waals surface area contributed by atoms with Crippen LogP contribution in [0, 0.1) is 3.57 Å². The predicted octanol–water partition coefficient (Wildman–Crippen LogP) is 7.30. The summed E-state index contributed by atoms with van der Waals surface area (Å²) in [6.45, 7) is 3.69. The lowest BCUT2D eigenvalue weighted by molar-refractivity contribution is 0.267. The molecule has 146 valence electrons. The number of halogens is 3. The Balaban J connectivity index is 1.74. The van der Waals surface area contributed by atoms with Gasteiger partial charge in [0.1, 0.15) is 6.61 Å². The number of hydrogen-bond acceptors (Lipinski definition) is 3. The molecule has 0 fully saturated rings.